The molecule has 2 unspecified atom stereocenters. The molecule has 3 rings (SSSR count). The molecule has 28 heavy (non-hydrogen) atoms. The van der Waals surface area contributed by atoms with Gasteiger partial charge in [0.25, 0.3) is 0 Å². The Hall–Kier alpha value is -2.87. The van der Waals surface area contributed by atoms with Crippen LogP contribution in [0.15, 0.2) is 40.5 Å². The third-order valence-corrected chi connectivity index (χ3v) is 5.38. The van der Waals surface area contributed by atoms with Crippen LogP contribution in [0.5, 0.6) is 5.75 Å². The van der Waals surface area contributed by atoms with Gasteiger partial charge in [-0.3, -0.25) is 9.79 Å². The zero-order valence-electron chi connectivity index (χ0n) is 16.5. The number of allylic oxidation sites excluding steroid dienone is 1. The van der Waals surface area contributed by atoms with Crippen LogP contribution in [-0.2, 0) is 9.59 Å². The zero-order chi connectivity index (χ0) is 20.5. The molecule has 0 saturated heterocycles. The second kappa shape index (κ2) is 7.63. The first-order chi connectivity index (χ1) is 13.3. The second-order valence-corrected chi connectivity index (χ2v) is 8.12. The Morgan fingerprint density at radius 3 is 2.54 bits per heavy atom. The Morgan fingerprint density at radius 2 is 1.96 bits per heavy atom. The highest BCUT2D eigenvalue weighted by molar-refractivity contribution is 6.12. The molecule has 146 valence electrons. The maximum absolute atomic E-state index is 13.1. The average molecular weight is 379 g/mol. The minimum atomic E-state index is -1.02. The van der Waals surface area contributed by atoms with E-state index in [9.17, 15) is 14.7 Å². The van der Waals surface area contributed by atoms with Crippen LogP contribution in [0.4, 0.5) is 0 Å². The van der Waals surface area contributed by atoms with Gasteiger partial charge in [-0.05, 0) is 36.0 Å². The smallest absolute Gasteiger partial charge is 0.334 e. The summed E-state index contributed by atoms with van der Waals surface area (Å²) in [7, 11) is 0. The fraction of sp³-hybridized carbons (Fsp3) is 0.435. The summed E-state index contributed by atoms with van der Waals surface area (Å²) in [4.78, 5) is 29.8. The standard InChI is InChI=1S/C23H25NO4/c1-5-11-28-15-9-7-14(8-10-15)19-20-17(12-23(3,4)13-18(20)25)24-16(6-2)21(19)22(26)27/h1,7-10,19-20H,6,11-13H2,2-4H3,(H,26,27). The molecule has 0 spiro atoms. The molecule has 1 aliphatic heterocycles. The number of hydrogen-bond acceptors (Lipinski definition) is 4. The highest BCUT2D eigenvalue weighted by Crippen LogP contribution is 2.47. The van der Waals surface area contributed by atoms with Crippen LogP contribution in [0.25, 0.3) is 0 Å². The molecular weight excluding hydrogens is 354 g/mol. The summed E-state index contributed by atoms with van der Waals surface area (Å²) in [5.41, 5.74) is 2.20. The number of ether oxygens (including phenoxy) is 1. The van der Waals surface area contributed by atoms with Crippen molar-refractivity contribution in [2.45, 2.75) is 46.0 Å². The Morgan fingerprint density at radius 1 is 1.29 bits per heavy atom. The van der Waals surface area contributed by atoms with Gasteiger partial charge in [0, 0.05) is 18.1 Å². The Labute approximate surface area is 165 Å². The Kier molecular flexibility index (Phi) is 5.42. The van der Waals surface area contributed by atoms with E-state index in [4.69, 9.17) is 11.2 Å². The van der Waals surface area contributed by atoms with Crippen molar-refractivity contribution in [3.63, 3.8) is 0 Å². The highest BCUT2D eigenvalue weighted by atomic mass is 16.5. The maximum Gasteiger partial charge on any atom is 0.334 e. The zero-order valence-corrected chi connectivity index (χ0v) is 16.5. The van der Waals surface area contributed by atoms with Crippen molar-refractivity contribution < 1.29 is 19.4 Å². The van der Waals surface area contributed by atoms with Crippen molar-refractivity contribution in [1.82, 2.24) is 0 Å². The van der Waals surface area contributed by atoms with Gasteiger partial charge in [0.15, 0.2) is 0 Å². The predicted octanol–water partition coefficient (Wildman–Crippen LogP) is 3.99. The van der Waals surface area contributed by atoms with Gasteiger partial charge in [-0.15, -0.1) is 6.42 Å². The van der Waals surface area contributed by atoms with Crippen LogP contribution in [-0.4, -0.2) is 29.2 Å². The summed E-state index contributed by atoms with van der Waals surface area (Å²) < 4.78 is 5.41. The first-order valence-electron chi connectivity index (χ1n) is 9.50. The van der Waals surface area contributed by atoms with Gasteiger partial charge in [0.2, 0.25) is 0 Å². The third-order valence-electron chi connectivity index (χ3n) is 5.38. The molecule has 1 aliphatic carbocycles. The largest absolute Gasteiger partial charge is 0.481 e. The van der Waals surface area contributed by atoms with Gasteiger partial charge in [-0.25, -0.2) is 4.79 Å². The molecule has 1 N–H and O–H groups in total. The van der Waals surface area contributed by atoms with Crippen LogP contribution in [0, 0.1) is 23.7 Å². The summed E-state index contributed by atoms with van der Waals surface area (Å²) in [6.07, 6.45) is 6.84. The molecule has 5 heteroatoms. The number of nitrogens with zero attached hydrogens (tertiary/aromatic N) is 1. The quantitative estimate of drug-likeness (QED) is 0.785. The van der Waals surface area contributed by atoms with Crippen LogP contribution in [0.2, 0.25) is 0 Å². The van der Waals surface area contributed by atoms with E-state index in [-0.39, 0.29) is 23.4 Å². The number of carboxylic acid groups (broad SMARTS) is 1. The topological polar surface area (TPSA) is 76.0 Å². The summed E-state index contributed by atoms with van der Waals surface area (Å²) in [6, 6.07) is 7.17. The molecule has 1 aromatic rings. The first-order valence-corrected chi connectivity index (χ1v) is 9.50. The Balaban J connectivity index is 2.09. The first kappa shape index (κ1) is 19.9. The number of Topliss-reactive ketones (excluding diaryl/α,β-unsaturated/α-hetero) is 1. The number of aliphatic carboxylic acids is 1. The summed E-state index contributed by atoms with van der Waals surface area (Å²) >= 11 is 0. The van der Waals surface area contributed by atoms with E-state index in [0.29, 0.717) is 30.7 Å². The molecule has 1 heterocycles. The molecule has 5 nitrogen and oxygen atoms in total. The van der Waals surface area contributed by atoms with E-state index in [1.54, 1.807) is 12.1 Å². The summed E-state index contributed by atoms with van der Waals surface area (Å²) in [5, 5.41) is 9.94. The van der Waals surface area contributed by atoms with Crippen LogP contribution in [0.3, 0.4) is 0 Å². The van der Waals surface area contributed by atoms with Crippen molar-refractivity contribution in [3.8, 4) is 18.1 Å². The molecule has 1 aromatic carbocycles. The van der Waals surface area contributed by atoms with Crippen LogP contribution >= 0.6 is 0 Å². The van der Waals surface area contributed by atoms with E-state index < -0.39 is 17.8 Å². The minimum absolute atomic E-state index is 0.0570. The normalized spacial score (nSPS) is 23.5. The molecule has 2 aliphatic rings. The molecular formula is C23H25NO4. The SMILES string of the molecule is C#CCOc1ccc(C2C(C(=O)O)=C(CC)N=C3CC(C)(C)CC(=O)C32)cc1. The van der Waals surface area contributed by atoms with Crippen molar-refractivity contribution >= 4 is 17.5 Å². The predicted molar refractivity (Wildman–Crippen MR) is 107 cm³/mol. The number of ketones is 1. The van der Waals surface area contributed by atoms with Gasteiger partial charge >= 0.3 is 5.97 Å². The van der Waals surface area contributed by atoms with E-state index in [1.807, 2.05) is 19.1 Å². The van der Waals surface area contributed by atoms with Gasteiger partial charge < -0.3 is 9.84 Å². The number of carbonyl (C=O) groups is 2. The summed E-state index contributed by atoms with van der Waals surface area (Å²) in [5.74, 6) is 1.00. The van der Waals surface area contributed by atoms with Crippen LogP contribution < -0.4 is 4.74 Å². The summed E-state index contributed by atoms with van der Waals surface area (Å²) in [6.45, 7) is 6.17. The van der Waals surface area contributed by atoms with E-state index in [1.165, 1.54) is 0 Å². The lowest BCUT2D eigenvalue weighted by Crippen LogP contribution is -2.44. The maximum atomic E-state index is 13.1. The average Bonchev–Trinajstić information content (AvgIpc) is 2.64. The van der Waals surface area contributed by atoms with Gasteiger partial charge in [-0.2, -0.15) is 0 Å². The van der Waals surface area contributed by atoms with Gasteiger partial charge in [0.05, 0.1) is 17.2 Å². The fourth-order valence-corrected chi connectivity index (χ4v) is 4.28. The Bertz CT molecular complexity index is 900. The molecule has 0 aromatic heterocycles. The molecule has 0 radical (unpaired) electrons. The minimum Gasteiger partial charge on any atom is -0.481 e. The van der Waals surface area contributed by atoms with Crippen molar-refractivity contribution in [2.75, 3.05) is 6.61 Å². The molecule has 0 amide bonds. The van der Waals surface area contributed by atoms with E-state index in [0.717, 1.165) is 11.3 Å². The van der Waals surface area contributed by atoms with Crippen molar-refractivity contribution in [3.05, 3.63) is 41.1 Å². The highest BCUT2D eigenvalue weighted by Gasteiger charge is 2.47. The lowest BCUT2D eigenvalue weighted by Gasteiger charge is -2.41. The number of fused-ring (bicyclic) bond motifs is 1. The number of aliphatic imine (C=N–C) groups is 1. The van der Waals surface area contributed by atoms with Crippen molar-refractivity contribution in [2.24, 2.45) is 16.3 Å². The lowest BCUT2D eigenvalue weighted by molar-refractivity contribution is -0.133. The number of carbonyl (C=O) groups excluding carboxylic acids is 1. The molecule has 1 fully saturated rings. The van der Waals surface area contributed by atoms with E-state index >= 15 is 0 Å². The number of rotatable bonds is 5. The van der Waals surface area contributed by atoms with Gasteiger partial charge in [0.1, 0.15) is 18.1 Å². The van der Waals surface area contributed by atoms with E-state index in [2.05, 4.69) is 24.8 Å². The van der Waals surface area contributed by atoms with Crippen molar-refractivity contribution in [1.29, 1.82) is 0 Å². The second-order valence-electron chi connectivity index (χ2n) is 8.12. The number of terminal acetylenes is 1. The van der Waals surface area contributed by atoms with Crippen LogP contribution in [0.1, 0.15) is 51.5 Å². The lowest BCUT2D eigenvalue weighted by atomic mass is 9.63. The third kappa shape index (κ3) is 3.73. The molecule has 1 saturated carbocycles. The number of benzene rings is 1. The van der Waals surface area contributed by atoms with Gasteiger partial charge in [-0.1, -0.05) is 38.8 Å². The molecule has 0 bridgehead atoms. The monoisotopic (exact) mass is 379 g/mol. The molecule has 2 atom stereocenters. The number of hydrogen-bond donors (Lipinski definition) is 1. The fourth-order valence-electron chi connectivity index (χ4n) is 4.28. The number of carboxylic acids is 1.